The molecule has 4 heteroatoms. The van der Waals surface area contributed by atoms with Gasteiger partial charge < -0.3 is 0 Å². The van der Waals surface area contributed by atoms with E-state index in [4.69, 9.17) is 0 Å². The van der Waals surface area contributed by atoms with E-state index < -0.39 is 10.0 Å². The highest BCUT2D eigenvalue weighted by Crippen LogP contribution is 2.30. The minimum atomic E-state index is -3.28. The van der Waals surface area contributed by atoms with Crippen LogP contribution in [0.2, 0.25) is 0 Å². The van der Waals surface area contributed by atoms with Crippen molar-refractivity contribution in [1.82, 2.24) is 0 Å². The van der Waals surface area contributed by atoms with E-state index in [1.54, 1.807) is 6.07 Å². The van der Waals surface area contributed by atoms with Crippen molar-refractivity contribution in [2.45, 2.75) is 19.8 Å². The Hall–Kier alpha value is -1.81. The first-order chi connectivity index (χ1) is 9.37. The Bertz CT molecular complexity index is 706. The van der Waals surface area contributed by atoms with Gasteiger partial charge >= 0.3 is 0 Å². The van der Waals surface area contributed by atoms with Gasteiger partial charge in [-0.2, -0.15) is 0 Å². The minimum Gasteiger partial charge on any atom is -0.283 e. The molecule has 0 aliphatic carbocycles. The van der Waals surface area contributed by atoms with Crippen LogP contribution in [0.15, 0.2) is 48.5 Å². The molecule has 0 radical (unpaired) electrons. The van der Waals surface area contributed by atoms with E-state index in [-0.39, 0.29) is 0 Å². The number of hydrogen-bond acceptors (Lipinski definition) is 2. The second kappa shape index (κ2) is 5.67. The van der Waals surface area contributed by atoms with Crippen LogP contribution in [0.3, 0.4) is 0 Å². The molecule has 3 nitrogen and oxygen atoms in total. The molecule has 2 aromatic carbocycles. The molecular formula is C16H19NO2S. The molecule has 1 N–H and O–H groups in total. The Labute approximate surface area is 120 Å². The minimum absolute atomic E-state index is 0.435. The SMILES string of the molecule is CC(C)c1cccc(-c2ccccc2NS(C)(=O)=O)c1. The number of anilines is 1. The van der Waals surface area contributed by atoms with Gasteiger partial charge in [0.15, 0.2) is 0 Å². The molecule has 0 fully saturated rings. The topological polar surface area (TPSA) is 46.2 Å². The van der Waals surface area contributed by atoms with Crippen LogP contribution < -0.4 is 4.72 Å². The molecule has 0 amide bonds. The van der Waals surface area contributed by atoms with Crippen LogP contribution in [-0.4, -0.2) is 14.7 Å². The summed E-state index contributed by atoms with van der Waals surface area (Å²) in [4.78, 5) is 0. The van der Waals surface area contributed by atoms with Gasteiger partial charge in [-0.1, -0.05) is 56.3 Å². The van der Waals surface area contributed by atoms with Gasteiger partial charge in [0.1, 0.15) is 0 Å². The highest BCUT2D eigenvalue weighted by molar-refractivity contribution is 7.92. The molecule has 0 atom stereocenters. The van der Waals surface area contributed by atoms with Crippen molar-refractivity contribution in [3.63, 3.8) is 0 Å². The maximum atomic E-state index is 11.4. The highest BCUT2D eigenvalue weighted by atomic mass is 32.2. The quantitative estimate of drug-likeness (QED) is 0.929. The molecular weight excluding hydrogens is 270 g/mol. The summed E-state index contributed by atoms with van der Waals surface area (Å²) in [7, 11) is -3.28. The first-order valence-corrected chi connectivity index (χ1v) is 8.43. The largest absolute Gasteiger partial charge is 0.283 e. The Balaban J connectivity index is 2.50. The van der Waals surface area contributed by atoms with Gasteiger partial charge in [-0.05, 0) is 23.1 Å². The lowest BCUT2D eigenvalue weighted by Crippen LogP contribution is -2.10. The average Bonchev–Trinajstić information content (AvgIpc) is 2.37. The third-order valence-corrected chi connectivity index (χ3v) is 3.68. The van der Waals surface area contributed by atoms with Crippen LogP contribution >= 0.6 is 0 Å². The molecule has 2 aromatic rings. The molecule has 0 saturated carbocycles. The fraction of sp³-hybridized carbons (Fsp3) is 0.250. The second-order valence-corrected chi connectivity index (χ2v) is 6.95. The summed E-state index contributed by atoms with van der Waals surface area (Å²) < 4.78 is 25.5. The Kier molecular flexibility index (Phi) is 4.14. The lowest BCUT2D eigenvalue weighted by atomic mass is 9.97. The van der Waals surface area contributed by atoms with E-state index in [9.17, 15) is 8.42 Å². The summed E-state index contributed by atoms with van der Waals surface area (Å²) in [6.45, 7) is 4.28. The summed E-state index contributed by atoms with van der Waals surface area (Å²) in [6, 6.07) is 15.6. The van der Waals surface area contributed by atoms with Crippen LogP contribution in [-0.2, 0) is 10.0 Å². The van der Waals surface area contributed by atoms with Crippen LogP contribution in [0.4, 0.5) is 5.69 Å². The van der Waals surface area contributed by atoms with Gasteiger partial charge in [-0.3, -0.25) is 4.72 Å². The van der Waals surface area contributed by atoms with Crippen molar-refractivity contribution < 1.29 is 8.42 Å². The van der Waals surface area contributed by atoms with E-state index in [0.29, 0.717) is 11.6 Å². The van der Waals surface area contributed by atoms with E-state index in [1.165, 1.54) is 5.56 Å². The van der Waals surface area contributed by atoms with E-state index >= 15 is 0 Å². The van der Waals surface area contributed by atoms with Crippen LogP contribution in [0.5, 0.6) is 0 Å². The van der Waals surface area contributed by atoms with Crippen molar-refractivity contribution in [3.8, 4) is 11.1 Å². The van der Waals surface area contributed by atoms with E-state index in [1.807, 2.05) is 30.3 Å². The summed E-state index contributed by atoms with van der Waals surface area (Å²) in [5.74, 6) is 0.435. The molecule has 0 aromatic heterocycles. The van der Waals surface area contributed by atoms with Gasteiger partial charge in [0.2, 0.25) is 10.0 Å². The normalized spacial score (nSPS) is 11.6. The smallest absolute Gasteiger partial charge is 0.229 e. The lowest BCUT2D eigenvalue weighted by Gasteiger charge is -2.13. The van der Waals surface area contributed by atoms with Crippen LogP contribution in [0, 0.1) is 0 Å². The van der Waals surface area contributed by atoms with Crippen molar-refractivity contribution in [1.29, 1.82) is 0 Å². The molecule has 106 valence electrons. The van der Waals surface area contributed by atoms with Gasteiger partial charge in [0.25, 0.3) is 0 Å². The zero-order valence-corrected chi connectivity index (χ0v) is 12.7. The van der Waals surface area contributed by atoms with E-state index in [0.717, 1.165) is 17.4 Å². The first-order valence-electron chi connectivity index (χ1n) is 6.54. The maximum absolute atomic E-state index is 11.4. The molecule has 0 unspecified atom stereocenters. The maximum Gasteiger partial charge on any atom is 0.229 e. The fourth-order valence-electron chi connectivity index (χ4n) is 2.09. The van der Waals surface area contributed by atoms with E-state index in [2.05, 4.69) is 30.7 Å². The summed E-state index contributed by atoms with van der Waals surface area (Å²) in [5.41, 5.74) is 3.75. The van der Waals surface area contributed by atoms with Crippen molar-refractivity contribution in [2.24, 2.45) is 0 Å². The molecule has 0 saturated heterocycles. The molecule has 2 rings (SSSR count). The first kappa shape index (κ1) is 14.6. The number of nitrogens with one attached hydrogen (secondary N) is 1. The van der Waals surface area contributed by atoms with Crippen molar-refractivity contribution >= 4 is 15.7 Å². The van der Waals surface area contributed by atoms with Gasteiger partial charge in [0, 0.05) is 5.56 Å². The Morgan fingerprint density at radius 3 is 2.35 bits per heavy atom. The third-order valence-electron chi connectivity index (χ3n) is 3.09. The van der Waals surface area contributed by atoms with Crippen molar-refractivity contribution in [3.05, 3.63) is 54.1 Å². The molecule has 0 aliphatic rings. The monoisotopic (exact) mass is 289 g/mol. The second-order valence-electron chi connectivity index (χ2n) is 5.20. The third kappa shape index (κ3) is 3.61. The summed E-state index contributed by atoms with van der Waals surface area (Å²) in [6.07, 6.45) is 1.16. The fourth-order valence-corrected chi connectivity index (χ4v) is 2.67. The number of hydrogen-bond donors (Lipinski definition) is 1. The number of rotatable bonds is 4. The highest BCUT2D eigenvalue weighted by Gasteiger charge is 2.09. The molecule has 20 heavy (non-hydrogen) atoms. The Morgan fingerprint density at radius 1 is 1.00 bits per heavy atom. The molecule has 0 aliphatic heterocycles. The number of para-hydroxylation sites is 1. The van der Waals surface area contributed by atoms with Gasteiger partial charge in [0.05, 0.1) is 11.9 Å². The van der Waals surface area contributed by atoms with Gasteiger partial charge in [-0.15, -0.1) is 0 Å². The van der Waals surface area contributed by atoms with Crippen LogP contribution in [0.1, 0.15) is 25.3 Å². The Morgan fingerprint density at radius 2 is 1.70 bits per heavy atom. The van der Waals surface area contributed by atoms with Crippen LogP contribution in [0.25, 0.3) is 11.1 Å². The predicted octanol–water partition coefficient (Wildman–Crippen LogP) is 3.85. The zero-order valence-electron chi connectivity index (χ0n) is 11.9. The predicted molar refractivity (Wildman–Crippen MR) is 84.4 cm³/mol. The zero-order chi connectivity index (χ0) is 14.8. The average molecular weight is 289 g/mol. The lowest BCUT2D eigenvalue weighted by molar-refractivity contribution is 0.607. The standard InChI is InChI=1S/C16H19NO2S/c1-12(2)13-7-6-8-14(11-13)15-9-4-5-10-16(15)17-20(3,18)19/h4-12,17H,1-3H3. The molecule has 0 bridgehead atoms. The number of sulfonamides is 1. The summed E-state index contributed by atoms with van der Waals surface area (Å²) in [5, 5.41) is 0. The van der Waals surface area contributed by atoms with Gasteiger partial charge in [-0.25, -0.2) is 8.42 Å². The summed E-state index contributed by atoms with van der Waals surface area (Å²) >= 11 is 0. The molecule has 0 heterocycles. The van der Waals surface area contributed by atoms with Crippen molar-refractivity contribution in [2.75, 3.05) is 11.0 Å². The molecule has 0 spiro atoms. The number of benzene rings is 2.